The van der Waals surface area contributed by atoms with Crippen LogP contribution in [0.5, 0.6) is 5.75 Å². The summed E-state index contributed by atoms with van der Waals surface area (Å²) in [6.07, 6.45) is 2.77. The molecule has 2 saturated heterocycles. The van der Waals surface area contributed by atoms with Gasteiger partial charge in [-0.2, -0.15) is 8.42 Å². The molecule has 3 aliphatic rings. The summed E-state index contributed by atoms with van der Waals surface area (Å²) in [6, 6.07) is 1.42. The third kappa shape index (κ3) is 3.48. The van der Waals surface area contributed by atoms with Gasteiger partial charge in [0.25, 0.3) is 5.91 Å². The number of hydrogen-bond acceptors (Lipinski definition) is 6. The predicted molar refractivity (Wildman–Crippen MR) is 97.0 cm³/mol. The minimum absolute atomic E-state index is 0.369. The van der Waals surface area contributed by atoms with Crippen molar-refractivity contribution >= 4 is 21.8 Å². The molecule has 1 amide bonds. The number of phenols is 1. The van der Waals surface area contributed by atoms with Crippen molar-refractivity contribution in [3.05, 3.63) is 23.0 Å². The summed E-state index contributed by atoms with van der Waals surface area (Å²) in [4.78, 5) is 13.7. The number of fused-ring (bicyclic) bond motifs is 1. The summed E-state index contributed by atoms with van der Waals surface area (Å²) in [5, 5.41) is 13.6. The molecule has 1 aromatic carbocycles. The maximum absolute atomic E-state index is 15.2. The van der Waals surface area contributed by atoms with E-state index in [0.717, 1.165) is 39.0 Å². The van der Waals surface area contributed by atoms with Gasteiger partial charge in [-0.15, -0.1) is 0 Å². The zero-order chi connectivity index (χ0) is 19.2. The van der Waals surface area contributed by atoms with Gasteiger partial charge in [0, 0.05) is 25.2 Å². The van der Waals surface area contributed by atoms with Gasteiger partial charge in [-0.3, -0.25) is 9.69 Å². The van der Waals surface area contributed by atoms with Crippen molar-refractivity contribution in [3.8, 4) is 5.75 Å². The van der Waals surface area contributed by atoms with Gasteiger partial charge in [0.15, 0.2) is 5.82 Å². The van der Waals surface area contributed by atoms with Crippen molar-refractivity contribution in [3.63, 3.8) is 0 Å². The number of piperidine rings is 1. The predicted octanol–water partition coefficient (Wildman–Crippen LogP) is 0.0700. The van der Waals surface area contributed by atoms with E-state index in [1.165, 1.54) is 6.07 Å². The molecule has 4 rings (SSSR count). The van der Waals surface area contributed by atoms with Gasteiger partial charge >= 0.3 is 10.2 Å². The number of carbonyl (C=O) groups excluding carboxylic acids is 1. The molecular weight excluding hydrogens is 375 g/mol. The molecule has 8 nitrogen and oxygen atoms in total. The quantitative estimate of drug-likeness (QED) is 0.666. The lowest BCUT2D eigenvalue weighted by Crippen LogP contribution is -2.39. The van der Waals surface area contributed by atoms with E-state index >= 15 is 4.39 Å². The number of amides is 1. The zero-order valence-corrected chi connectivity index (χ0v) is 15.7. The van der Waals surface area contributed by atoms with Gasteiger partial charge in [-0.05, 0) is 49.9 Å². The van der Waals surface area contributed by atoms with E-state index < -0.39 is 39.9 Å². The largest absolute Gasteiger partial charge is 0.506 e. The summed E-state index contributed by atoms with van der Waals surface area (Å²) in [6.45, 7) is 3.47. The second-order valence-electron chi connectivity index (χ2n) is 7.41. The van der Waals surface area contributed by atoms with E-state index in [4.69, 9.17) is 0 Å². The number of phenolic OH excluding ortho intramolecular Hbond substituents is 1. The van der Waals surface area contributed by atoms with Crippen LogP contribution in [0.4, 0.5) is 10.1 Å². The zero-order valence-electron chi connectivity index (χ0n) is 14.9. The molecule has 3 N–H and O–H groups in total. The fourth-order valence-electron chi connectivity index (χ4n) is 4.16. The van der Waals surface area contributed by atoms with Crippen molar-refractivity contribution in [2.75, 3.05) is 37.0 Å². The van der Waals surface area contributed by atoms with Gasteiger partial charge < -0.3 is 10.4 Å². The fraction of sp³-hybridized carbons (Fsp3) is 0.588. The van der Waals surface area contributed by atoms with Crippen LogP contribution in [0, 0.1) is 11.7 Å². The van der Waals surface area contributed by atoms with Crippen LogP contribution in [0.3, 0.4) is 0 Å². The van der Waals surface area contributed by atoms with E-state index in [-0.39, 0.29) is 0 Å². The second-order valence-corrected chi connectivity index (χ2v) is 9.01. The van der Waals surface area contributed by atoms with E-state index in [0.29, 0.717) is 34.3 Å². The Morgan fingerprint density at radius 1 is 1.26 bits per heavy atom. The van der Waals surface area contributed by atoms with E-state index in [2.05, 4.69) is 10.2 Å². The number of aromatic hydroxyl groups is 1. The standard InChI is InChI=1S/C17H23FN4O4S/c18-16-13-9-21(8-11-1-4-19-5-2-11)6-3-12(13)7-14(23)17(16)22-10-15(24)20-27(22,25)26/h7,11,19,23H,1-6,8-10H2,(H,20,24). The normalized spacial score (nSPS) is 23.3. The van der Waals surface area contributed by atoms with Crippen molar-refractivity contribution < 1.29 is 22.7 Å². The molecule has 0 aromatic heterocycles. The SMILES string of the molecule is O=C1CN(c2c(O)cc3c(c2F)CN(CC2CCNCC2)CC3)S(=O)(=O)N1. The molecule has 0 bridgehead atoms. The lowest BCUT2D eigenvalue weighted by Gasteiger charge is -2.34. The summed E-state index contributed by atoms with van der Waals surface area (Å²) in [5.74, 6) is -1.41. The third-order valence-corrected chi connectivity index (χ3v) is 6.92. The van der Waals surface area contributed by atoms with Gasteiger partial charge in [-0.1, -0.05) is 0 Å². The van der Waals surface area contributed by atoms with Crippen molar-refractivity contribution in [1.29, 1.82) is 0 Å². The number of hydrogen-bond donors (Lipinski definition) is 3. The van der Waals surface area contributed by atoms with E-state index in [1.807, 2.05) is 0 Å². The fourth-order valence-corrected chi connectivity index (χ4v) is 5.32. The molecule has 3 heterocycles. The minimum atomic E-state index is -4.18. The van der Waals surface area contributed by atoms with Crippen LogP contribution < -0.4 is 14.3 Å². The van der Waals surface area contributed by atoms with E-state index in [1.54, 1.807) is 4.72 Å². The first kappa shape index (κ1) is 18.5. The Kier molecular flexibility index (Phi) is 4.73. The molecule has 2 fully saturated rings. The van der Waals surface area contributed by atoms with Crippen molar-refractivity contribution in [1.82, 2.24) is 14.9 Å². The number of rotatable bonds is 3. The van der Waals surface area contributed by atoms with Crippen LogP contribution in [0.25, 0.3) is 0 Å². The molecular formula is C17H23FN4O4S. The highest BCUT2D eigenvalue weighted by Gasteiger charge is 2.39. The molecule has 0 aliphatic carbocycles. The lowest BCUT2D eigenvalue weighted by atomic mass is 9.94. The highest BCUT2D eigenvalue weighted by Crippen LogP contribution is 2.39. The maximum Gasteiger partial charge on any atom is 0.326 e. The van der Waals surface area contributed by atoms with Gasteiger partial charge in [0.05, 0.1) is 0 Å². The maximum atomic E-state index is 15.2. The number of halogens is 1. The first-order valence-corrected chi connectivity index (χ1v) is 10.6. The average Bonchev–Trinajstić information content (AvgIpc) is 2.89. The van der Waals surface area contributed by atoms with Crippen molar-refractivity contribution in [2.24, 2.45) is 5.92 Å². The van der Waals surface area contributed by atoms with Crippen LogP contribution in [-0.4, -0.2) is 57.1 Å². The monoisotopic (exact) mass is 398 g/mol. The van der Waals surface area contributed by atoms with E-state index in [9.17, 15) is 18.3 Å². The summed E-state index contributed by atoms with van der Waals surface area (Å²) < 4.78 is 41.8. The lowest BCUT2D eigenvalue weighted by molar-refractivity contribution is -0.117. The topological polar surface area (TPSA) is 102 Å². The van der Waals surface area contributed by atoms with Crippen LogP contribution in [-0.2, 0) is 28.0 Å². The molecule has 0 saturated carbocycles. The molecule has 0 unspecified atom stereocenters. The summed E-state index contributed by atoms with van der Waals surface area (Å²) >= 11 is 0. The Bertz CT molecular complexity index is 870. The van der Waals surface area contributed by atoms with Crippen molar-refractivity contribution in [2.45, 2.75) is 25.8 Å². The molecule has 148 valence electrons. The Morgan fingerprint density at radius 2 is 2.00 bits per heavy atom. The molecule has 0 radical (unpaired) electrons. The summed E-state index contributed by atoms with van der Waals surface area (Å²) in [7, 11) is -4.18. The molecule has 0 atom stereocenters. The van der Waals surface area contributed by atoms with Crippen LogP contribution in [0.2, 0.25) is 0 Å². The van der Waals surface area contributed by atoms with Gasteiger partial charge in [0.2, 0.25) is 0 Å². The molecule has 0 spiro atoms. The van der Waals surface area contributed by atoms with Gasteiger partial charge in [-0.25, -0.2) is 13.4 Å². The minimum Gasteiger partial charge on any atom is -0.506 e. The Hall–Kier alpha value is -1.91. The third-order valence-electron chi connectivity index (χ3n) is 5.54. The Morgan fingerprint density at radius 3 is 2.67 bits per heavy atom. The molecule has 3 aliphatic heterocycles. The molecule has 1 aromatic rings. The molecule has 10 heteroatoms. The Balaban J connectivity index is 1.62. The van der Waals surface area contributed by atoms with Crippen LogP contribution >= 0.6 is 0 Å². The Labute approximate surface area is 157 Å². The average molecular weight is 398 g/mol. The second kappa shape index (κ2) is 6.92. The number of benzene rings is 1. The highest BCUT2D eigenvalue weighted by atomic mass is 32.2. The van der Waals surface area contributed by atoms with Crippen LogP contribution in [0.15, 0.2) is 6.07 Å². The van der Waals surface area contributed by atoms with Crippen LogP contribution in [0.1, 0.15) is 24.0 Å². The highest BCUT2D eigenvalue weighted by molar-refractivity contribution is 7.92. The molecule has 27 heavy (non-hydrogen) atoms. The first-order valence-electron chi connectivity index (χ1n) is 9.15. The number of nitrogens with zero attached hydrogens (tertiary/aromatic N) is 2. The smallest absolute Gasteiger partial charge is 0.326 e. The number of carbonyl (C=O) groups is 1. The summed E-state index contributed by atoms with van der Waals surface area (Å²) in [5.41, 5.74) is 0.638. The number of anilines is 1. The first-order chi connectivity index (χ1) is 12.8. The van der Waals surface area contributed by atoms with Gasteiger partial charge in [0.1, 0.15) is 18.0 Å². The number of nitrogens with one attached hydrogen (secondary N) is 2.